The summed E-state index contributed by atoms with van der Waals surface area (Å²) in [4.78, 5) is 15.0. The van der Waals surface area contributed by atoms with E-state index in [1.807, 2.05) is 30.3 Å². The van der Waals surface area contributed by atoms with Gasteiger partial charge in [0.05, 0.1) is 0 Å². The molecular formula is C19H19FN6O3S. The number of benzene rings is 2. The molecule has 2 heterocycles. The van der Waals surface area contributed by atoms with Gasteiger partial charge in [-0.1, -0.05) is 42.5 Å². The number of hydrogen-bond acceptors (Lipinski definition) is 6. The molecule has 1 aliphatic heterocycles. The molecule has 0 bridgehead atoms. The minimum absolute atomic E-state index is 0.0858. The summed E-state index contributed by atoms with van der Waals surface area (Å²) >= 11 is 0. The van der Waals surface area contributed by atoms with E-state index in [0.29, 0.717) is 5.82 Å². The number of aromatic nitrogens is 4. The number of tetrazole rings is 1. The molecule has 0 spiro atoms. The second-order valence-corrected chi connectivity index (χ2v) is 8.63. The first-order valence-corrected chi connectivity index (χ1v) is 10.7. The van der Waals surface area contributed by atoms with Crippen LogP contribution in [0.15, 0.2) is 59.5 Å². The number of hydrogen-bond donors (Lipinski definition) is 0. The average molecular weight is 430 g/mol. The second-order valence-electron chi connectivity index (χ2n) is 6.72. The summed E-state index contributed by atoms with van der Waals surface area (Å²) in [6, 6.07) is 14.5. The highest BCUT2D eigenvalue weighted by Crippen LogP contribution is 2.20. The minimum atomic E-state index is -3.95. The summed E-state index contributed by atoms with van der Waals surface area (Å²) < 4.78 is 40.4. The molecule has 3 aromatic rings. The summed E-state index contributed by atoms with van der Waals surface area (Å²) in [6.45, 7) is 0.477. The van der Waals surface area contributed by atoms with E-state index in [9.17, 15) is 17.6 Å². The molecule has 4 rings (SSSR count). The third kappa shape index (κ3) is 4.07. The maximum atomic E-state index is 13.9. The molecular weight excluding hydrogens is 411 g/mol. The molecule has 11 heteroatoms. The SMILES string of the molecule is O=C(Cn1nnc(-c2ccccc2)n1)N1CCN(S(=O)(=O)c2ccccc2F)CC1. The van der Waals surface area contributed by atoms with Crippen LogP contribution in [0.1, 0.15) is 0 Å². The van der Waals surface area contributed by atoms with E-state index < -0.39 is 15.8 Å². The van der Waals surface area contributed by atoms with Gasteiger partial charge in [0.2, 0.25) is 21.8 Å². The summed E-state index contributed by atoms with van der Waals surface area (Å²) in [5.74, 6) is -0.610. The molecule has 0 saturated carbocycles. The van der Waals surface area contributed by atoms with Crippen molar-refractivity contribution >= 4 is 15.9 Å². The van der Waals surface area contributed by atoms with Gasteiger partial charge in [0.1, 0.15) is 17.3 Å². The van der Waals surface area contributed by atoms with E-state index in [-0.39, 0.29) is 43.5 Å². The van der Waals surface area contributed by atoms with Gasteiger partial charge in [-0.25, -0.2) is 12.8 Å². The number of nitrogens with zero attached hydrogens (tertiary/aromatic N) is 6. The van der Waals surface area contributed by atoms with Crippen molar-refractivity contribution in [3.63, 3.8) is 0 Å². The Morgan fingerprint density at radius 3 is 2.33 bits per heavy atom. The number of carbonyl (C=O) groups excluding carboxylic acids is 1. The van der Waals surface area contributed by atoms with Crippen molar-refractivity contribution in [3.05, 3.63) is 60.4 Å². The summed E-state index contributed by atoms with van der Waals surface area (Å²) in [5.41, 5.74) is 0.795. The lowest BCUT2D eigenvalue weighted by Gasteiger charge is -2.33. The molecule has 156 valence electrons. The van der Waals surface area contributed by atoms with E-state index >= 15 is 0 Å². The summed E-state index contributed by atoms with van der Waals surface area (Å²) in [7, 11) is -3.95. The quantitative estimate of drug-likeness (QED) is 0.599. The van der Waals surface area contributed by atoms with E-state index in [1.165, 1.54) is 27.3 Å². The van der Waals surface area contributed by atoms with Crippen molar-refractivity contribution in [1.82, 2.24) is 29.4 Å². The standard InChI is InChI=1S/C19H19FN6O3S/c20-16-8-4-5-9-17(16)30(28,29)25-12-10-24(11-13-25)18(27)14-26-22-19(21-23-26)15-6-2-1-3-7-15/h1-9H,10-14H2. The van der Waals surface area contributed by atoms with Crippen LogP contribution in [-0.4, -0.2) is 69.9 Å². The van der Waals surface area contributed by atoms with Crippen molar-refractivity contribution in [2.45, 2.75) is 11.4 Å². The van der Waals surface area contributed by atoms with Crippen LogP contribution in [0, 0.1) is 5.82 Å². The molecule has 9 nitrogen and oxygen atoms in total. The molecule has 30 heavy (non-hydrogen) atoms. The van der Waals surface area contributed by atoms with E-state index in [2.05, 4.69) is 15.4 Å². The fraction of sp³-hybridized carbons (Fsp3) is 0.263. The first-order valence-electron chi connectivity index (χ1n) is 9.31. The highest BCUT2D eigenvalue weighted by molar-refractivity contribution is 7.89. The first-order chi connectivity index (χ1) is 14.4. The number of amides is 1. The zero-order valence-corrected chi connectivity index (χ0v) is 16.7. The molecule has 1 amide bonds. The maximum absolute atomic E-state index is 13.9. The zero-order chi connectivity index (χ0) is 21.1. The Bertz CT molecular complexity index is 1140. The van der Waals surface area contributed by atoms with Crippen LogP contribution in [0.25, 0.3) is 11.4 Å². The summed E-state index contributed by atoms with van der Waals surface area (Å²) in [6.07, 6.45) is 0. The molecule has 0 N–H and O–H groups in total. The lowest BCUT2D eigenvalue weighted by Crippen LogP contribution is -2.51. The highest BCUT2D eigenvalue weighted by atomic mass is 32.2. The van der Waals surface area contributed by atoms with Crippen LogP contribution >= 0.6 is 0 Å². The van der Waals surface area contributed by atoms with Crippen LogP contribution < -0.4 is 0 Å². The monoisotopic (exact) mass is 430 g/mol. The zero-order valence-electron chi connectivity index (χ0n) is 15.9. The molecule has 1 saturated heterocycles. The van der Waals surface area contributed by atoms with Crippen molar-refractivity contribution in [3.8, 4) is 11.4 Å². The molecule has 2 aromatic carbocycles. The van der Waals surface area contributed by atoms with Crippen LogP contribution in [-0.2, 0) is 21.4 Å². The topological polar surface area (TPSA) is 101 Å². The van der Waals surface area contributed by atoms with Gasteiger partial charge in [0, 0.05) is 31.7 Å². The number of piperazine rings is 1. The van der Waals surface area contributed by atoms with Gasteiger partial charge in [0.15, 0.2) is 0 Å². The molecule has 0 radical (unpaired) electrons. The van der Waals surface area contributed by atoms with Crippen LogP contribution in [0.2, 0.25) is 0 Å². The highest BCUT2D eigenvalue weighted by Gasteiger charge is 2.31. The maximum Gasteiger partial charge on any atom is 0.246 e. The molecule has 0 unspecified atom stereocenters. The van der Waals surface area contributed by atoms with Crippen molar-refractivity contribution < 1.29 is 17.6 Å². The van der Waals surface area contributed by atoms with Crippen LogP contribution in [0.4, 0.5) is 4.39 Å². The largest absolute Gasteiger partial charge is 0.338 e. The van der Waals surface area contributed by atoms with Crippen LogP contribution in [0.3, 0.4) is 0 Å². The van der Waals surface area contributed by atoms with E-state index in [4.69, 9.17) is 0 Å². The van der Waals surface area contributed by atoms with Gasteiger partial charge in [-0.05, 0) is 17.3 Å². The first kappa shape index (κ1) is 20.1. The lowest BCUT2D eigenvalue weighted by molar-refractivity contribution is -0.133. The Hall–Kier alpha value is -3.18. The molecule has 1 aliphatic rings. The Morgan fingerprint density at radius 2 is 1.63 bits per heavy atom. The average Bonchev–Trinajstić information content (AvgIpc) is 3.23. The summed E-state index contributed by atoms with van der Waals surface area (Å²) in [5, 5.41) is 12.1. The van der Waals surface area contributed by atoms with Gasteiger partial charge in [-0.2, -0.15) is 9.10 Å². The number of carbonyl (C=O) groups is 1. The van der Waals surface area contributed by atoms with Crippen molar-refractivity contribution in [2.24, 2.45) is 0 Å². The lowest BCUT2D eigenvalue weighted by atomic mass is 10.2. The minimum Gasteiger partial charge on any atom is -0.338 e. The number of sulfonamides is 1. The Labute approximate surface area is 172 Å². The fourth-order valence-corrected chi connectivity index (χ4v) is 4.69. The third-order valence-electron chi connectivity index (χ3n) is 4.81. The fourth-order valence-electron chi connectivity index (χ4n) is 3.20. The molecule has 0 aliphatic carbocycles. The normalized spacial score (nSPS) is 15.3. The van der Waals surface area contributed by atoms with Gasteiger partial charge in [-0.15, -0.1) is 10.2 Å². The van der Waals surface area contributed by atoms with Crippen LogP contribution in [0.5, 0.6) is 0 Å². The Morgan fingerprint density at radius 1 is 0.967 bits per heavy atom. The molecule has 0 atom stereocenters. The van der Waals surface area contributed by atoms with Gasteiger partial charge in [-0.3, -0.25) is 4.79 Å². The van der Waals surface area contributed by atoms with Crippen molar-refractivity contribution in [2.75, 3.05) is 26.2 Å². The third-order valence-corrected chi connectivity index (χ3v) is 6.74. The predicted molar refractivity (Wildman–Crippen MR) is 105 cm³/mol. The van der Waals surface area contributed by atoms with E-state index in [1.54, 1.807) is 4.90 Å². The Kier molecular flexibility index (Phi) is 5.55. The molecule has 1 fully saturated rings. The van der Waals surface area contributed by atoms with E-state index in [0.717, 1.165) is 11.6 Å². The number of halogens is 1. The van der Waals surface area contributed by atoms with Gasteiger partial charge < -0.3 is 4.90 Å². The second kappa shape index (κ2) is 8.28. The smallest absolute Gasteiger partial charge is 0.246 e. The van der Waals surface area contributed by atoms with Gasteiger partial charge in [0.25, 0.3) is 0 Å². The van der Waals surface area contributed by atoms with Gasteiger partial charge >= 0.3 is 0 Å². The predicted octanol–water partition coefficient (Wildman–Crippen LogP) is 1.01. The van der Waals surface area contributed by atoms with Crippen molar-refractivity contribution in [1.29, 1.82) is 0 Å². The number of rotatable bonds is 5. The molecule has 1 aromatic heterocycles. The Balaban J connectivity index is 1.37.